The van der Waals surface area contributed by atoms with Crippen molar-refractivity contribution in [2.45, 2.75) is 153 Å². The van der Waals surface area contributed by atoms with Crippen molar-refractivity contribution < 1.29 is 85.0 Å². The molecule has 2 bridgehead atoms. The number of fused-ring (bicyclic) bond motifs is 2. The van der Waals surface area contributed by atoms with E-state index in [-0.39, 0.29) is 62.9 Å². The first-order valence-electron chi connectivity index (χ1n) is 27.1. The first kappa shape index (κ1) is 65.4. The van der Waals surface area contributed by atoms with Crippen LogP contribution in [0.15, 0.2) is 72.8 Å². The van der Waals surface area contributed by atoms with E-state index in [1.165, 1.54) is 45.3 Å². The molecule has 7 amide bonds. The minimum atomic E-state index is -5.06. The number of esters is 1. The zero-order valence-corrected chi connectivity index (χ0v) is 48.1. The van der Waals surface area contributed by atoms with Gasteiger partial charge in [-0.2, -0.15) is 8.42 Å². The lowest BCUT2D eigenvalue weighted by molar-refractivity contribution is -0.168. The fourth-order valence-corrected chi connectivity index (χ4v) is 9.84. The van der Waals surface area contributed by atoms with Crippen LogP contribution in [-0.2, 0) is 81.7 Å². The summed E-state index contributed by atoms with van der Waals surface area (Å²) in [5, 5.41) is 44.7. The molecule has 2 saturated heterocycles. The second kappa shape index (κ2) is 30.1. The highest BCUT2D eigenvalue weighted by Crippen LogP contribution is 2.28. The molecule has 2 aliphatic heterocycles. The number of nitrogens with one attached hydrogen (secondary N) is 5. The van der Waals surface area contributed by atoms with Crippen molar-refractivity contribution in [3.63, 3.8) is 0 Å². The van der Waals surface area contributed by atoms with E-state index < -0.39 is 137 Å². The fraction of sp³-hybridized carbons (Fsp3) is 0.536. The van der Waals surface area contributed by atoms with Gasteiger partial charge in [0.25, 0.3) is 5.91 Å². The predicted molar refractivity (Wildman–Crippen MR) is 294 cm³/mol. The highest BCUT2D eigenvalue weighted by Gasteiger charge is 2.47. The largest absolute Gasteiger partial charge is 0.508 e. The third-order valence-corrected chi connectivity index (χ3v) is 15.4. The summed E-state index contributed by atoms with van der Waals surface area (Å²) in [4.78, 5) is 120. The van der Waals surface area contributed by atoms with Crippen LogP contribution in [0.2, 0.25) is 0 Å². The van der Waals surface area contributed by atoms with Gasteiger partial charge in [0.2, 0.25) is 35.4 Å². The Labute approximate surface area is 477 Å². The van der Waals surface area contributed by atoms with E-state index in [0.29, 0.717) is 28.9 Å². The van der Waals surface area contributed by atoms with Crippen molar-refractivity contribution in [2.75, 3.05) is 27.9 Å². The number of piperidine rings is 1. The van der Waals surface area contributed by atoms with E-state index in [1.54, 1.807) is 76.2 Å². The highest BCUT2D eigenvalue weighted by atomic mass is 32.3. The molecule has 0 saturated carbocycles. The Morgan fingerprint density at radius 3 is 1.91 bits per heavy atom. The second-order valence-corrected chi connectivity index (χ2v) is 21.8. The molecule has 3 unspecified atom stereocenters. The Kier molecular flexibility index (Phi) is 24.0. The topological polar surface area (TPSA) is 355 Å². The number of methoxy groups -OCH3 is 2. The number of phenolic OH excluding ortho intramolecular Hbond substituents is 2. The quantitative estimate of drug-likeness (QED) is 0.0537. The van der Waals surface area contributed by atoms with Crippen LogP contribution < -0.4 is 31.3 Å². The summed E-state index contributed by atoms with van der Waals surface area (Å²) >= 11 is 0. The van der Waals surface area contributed by atoms with Gasteiger partial charge in [-0.15, -0.1) is 0 Å². The van der Waals surface area contributed by atoms with Crippen LogP contribution in [0.1, 0.15) is 89.8 Å². The van der Waals surface area contributed by atoms with E-state index in [1.807, 2.05) is 0 Å². The number of nitrogens with zero attached hydrogens (tertiary/aromatic N) is 2. The lowest BCUT2D eigenvalue weighted by atomic mass is 9.91. The van der Waals surface area contributed by atoms with Crippen LogP contribution in [0.4, 0.5) is 0 Å². The van der Waals surface area contributed by atoms with Gasteiger partial charge in [-0.3, -0.25) is 38.1 Å². The summed E-state index contributed by atoms with van der Waals surface area (Å²) in [5.41, 5.74) is 1.75. The number of hydrogen-bond donors (Lipinski definition) is 9. The van der Waals surface area contributed by atoms with Crippen molar-refractivity contribution in [1.29, 1.82) is 0 Å². The molecule has 82 heavy (non-hydrogen) atoms. The fourth-order valence-electron chi connectivity index (χ4n) is 9.55. The van der Waals surface area contributed by atoms with Gasteiger partial charge in [0, 0.05) is 20.6 Å². The summed E-state index contributed by atoms with van der Waals surface area (Å²) in [6, 6.07) is 7.90. The normalized spacial score (nSPS) is 24.0. The molecule has 25 nitrogen and oxygen atoms in total. The number of aryl methyl sites for hydroxylation is 2. The number of likely N-dealkylation sites (N-methyl/N-ethyl adjacent to an activating group) is 1. The molecule has 0 radical (unpaired) electrons. The standard InChI is InChI=1S/C56H77N7O18S/c1-9-31(3)46-56(74)81-33(5)47(61-50(68)41(26-18-35-13-21-38(65)22-14-35)57-52(70)44(79-8)30-80-82(75,76)77)53(71)58-40(25-17-34-11-19-37(64)20-12-34)49(67)59-42-27-28-45(66)63(54(42)72)48(32(4)10-2)55(73)62(6)43(51(69)60-46)29-36-15-23-39(78-7)24-16-36/h11-16,19-24,31-33,40-48,64-66H,9-10,17-18,25-30H2,1-8H3,(H,57,70)(H,58,71)(H,59,67)(H,60,69)(H,61,68)(H,75,76,77)/t31-,32-,33+,40-,41-,42?,43-,44?,45?,46-,47-,48-/m0/s1. The molecule has 2 aliphatic rings. The summed E-state index contributed by atoms with van der Waals surface area (Å²) in [6.45, 7) is 7.12. The van der Waals surface area contributed by atoms with Gasteiger partial charge in [0.15, 0.2) is 6.10 Å². The molecular formula is C56H77N7O18S. The number of carbonyl (C=O) groups excluding carboxylic acids is 8. The lowest BCUT2D eigenvalue weighted by Gasteiger charge is -2.44. The Hall–Kier alpha value is -7.39. The molecule has 0 aromatic heterocycles. The van der Waals surface area contributed by atoms with Crippen LogP contribution in [0, 0.1) is 11.8 Å². The number of rotatable bonds is 21. The average molecular weight is 1170 g/mol. The number of amides is 7. The number of aromatic hydroxyl groups is 2. The smallest absolute Gasteiger partial charge is 0.397 e. The first-order chi connectivity index (χ1) is 38.8. The van der Waals surface area contributed by atoms with Gasteiger partial charge in [-0.25, -0.2) is 8.98 Å². The molecule has 3 aromatic carbocycles. The van der Waals surface area contributed by atoms with E-state index >= 15 is 9.59 Å². The number of aliphatic hydroxyl groups excluding tert-OH is 1. The number of phenols is 2. The third-order valence-electron chi connectivity index (χ3n) is 15.0. The molecule has 2 fully saturated rings. The molecular weight excluding hydrogens is 1090 g/mol. The van der Waals surface area contributed by atoms with E-state index in [9.17, 15) is 57.1 Å². The molecule has 450 valence electrons. The molecule has 12 atom stereocenters. The zero-order chi connectivity index (χ0) is 60.6. The van der Waals surface area contributed by atoms with Crippen molar-refractivity contribution in [3.8, 4) is 17.2 Å². The molecule has 9 N–H and O–H groups in total. The Bertz CT molecular complexity index is 2810. The minimum absolute atomic E-state index is 0.0434. The van der Waals surface area contributed by atoms with Crippen LogP contribution in [0.3, 0.4) is 0 Å². The maximum Gasteiger partial charge on any atom is 0.397 e. The second-order valence-electron chi connectivity index (χ2n) is 20.7. The van der Waals surface area contributed by atoms with Crippen molar-refractivity contribution in [2.24, 2.45) is 11.8 Å². The summed E-state index contributed by atoms with van der Waals surface area (Å²) in [7, 11) is -1.18. The van der Waals surface area contributed by atoms with Gasteiger partial charge in [-0.1, -0.05) is 76.9 Å². The first-order valence-corrected chi connectivity index (χ1v) is 28.5. The number of benzene rings is 3. The van der Waals surface area contributed by atoms with Crippen LogP contribution in [0.25, 0.3) is 0 Å². The summed E-state index contributed by atoms with van der Waals surface area (Å²) in [5.74, 6) is -8.55. The Balaban J connectivity index is 1.65. The van der Waals surface area contributed by atoms with E-state index in [4.69, 9.17) is 14.2 Å². The molecule has 2 heterocycles. The van der Waals surface area contributed by atoms with E-state index in [0.717, 1.165) is 16.9 Å². The van der Waals surface area contributed by atoms with Crippen LogP contribution >= 0.6 is 0 Å². The van der Waals surface area contributed by atoms with Gasteiger partial charge in [0.1, 0.15) is 78.5 Å². The SMILES string of the molecule is CC[C@H](C)[C@@H]1NC(=O)[C@H](Cc2ccc(OC)cc2)N(C)C(=O)[C@H]([C@@H](C)CC)N2C(=O)C(CCC2O)NC(=O)[C@H](CCc2ccc(O)cc2)NC(=O)[C@@H](NC(=O)[C@H](CCc2ccc(O)cc2)NC(=O)C(COS(=O)(=O)O)OC)[C@@H](C)OC1=O. The van der Waals surface area contributed by atoms with E-state index in [2.05, 4.69) is 30.8 Å². The maximum atomic E-state index is 15.1. The zero-order valence-electron chi connectivity index (χ0n) is 47.2. The monoisotopic (exact) mass is 1170 g/mol. The van der Waals surface area contributed by atoms with Crippen LogP contribution in [-0.4, -0.2) is 174 Å². The average Bonchev–Trinajstić information content (AvgIpc) is 3.17. The number of carbonyl (C=O) groups is 8. The molecule has 0 aliphatic carbocycles. The number of aliphatic hydroxyl groups is 1. The van der Waals surface area contributed by atoms with Gasteiger partial charge < -0.3 is 65.9 Å². The number of ether oxygens (including phenoxy) is 3. The molecule has 3 aromatic rings. The van der Waals surface area contributed by atoms with Crippen LogP contribution in [0.5, 0.6) is 17.2 Å². The third kappa shape index (κ3) is 18.1. The highest BCUT2D eigenvalue weighted by molar-refractivity contribution is 7.80. The Morgan fingerprint density at radius 2 is 1.35 bits per heavy atom. The number of hydrogen-bond acceptors (Lipinski definition) is 17. The van der Waals surface area contributed by atoms with Gasteiger partial charge in [-0.05, 0) is 110 Å². The summed E-state index contributed by atoms with van der Waals surface area (Å²) in [6.07, 6.45) is -4.90. The van der Waals surface area contributed by atoms with Crippen molar-refractivity contribution in [1.82, 2.24) is 36.4 Å². The van der Waals surface area contributed by atoms with Gasteiger partial charge in [0.05, 0.1) is 7.11 Å². The van der Waals surface area contributed by atoms with Gasteiger partial charge >= 0.3 is 16.4 Å². The summed E-state index contributed by atoms with van der Waals surface area (Å²) < 4.78 is 52.9. The Morgan fingerprint density at radius 1 is 0.768 bits per heavy atom. The number of cyclic esters (lactones) is 1. The minimum Gasteiger partial charge on any atom is -0.508 e. The predicted octanol–water partition coefficient (Wildman–Crippen LogP) is 1.35. The maximum absolute atomic E-state index is 15.1. The molecule has 26 heteroatoms. The van der Waals surface area contributed by atoms with Crippen molar-refractivity contribution in [3.05, 3.63) is 89.5 Å². The molecule has 5 rings (SSSR count). The van der Waals surface area contributed by atoms with Crippen molar-refractivity contribution >= 4 is 57.7 Å². The lowest BCUT2D eigenvalue weighted by Crippen LogP contribution is -2.66. The molecule has 0 spiro atoms.